The van der Waals surface area contributed by atoms with E-state index in [1.165, 1.54) is 6.92 Å². The van der Waals surface area contributed by atoms with Crippen molar-refractivity contribution in [2.45, 2.75) is 61.5 Å². The van der Waals surface area contributed by atoms with Crippen LogP contribution in [-0.2, 0) is 26.2 Å². The molecular weight excluding hydrogens is 476 g/mol. The zero-order valence-corrected chi connectivity index (χ0v) is 20.7. The molecule has 4 N–H and O–H groups in total. The zero-order chi connectivity index (χ0) is 26.1. The van der Waals surface area contributed by atoms with E-state index in [1.807, 2.05) is 13.1 Å². The van der Waals surface area contributed by atoms with Crippen molar-refractivity contribution in [3.63, 3.8) is 0 Å². The summed E-state index contributed by atoms with van der Waals surface area (Å²) < 4.78 is 12.1. The molecule has 37 heavy (non-hydrogen) atoms. The summed E-state index contributed by atoms with van der Waals surface area (Å²) in [5, 5.41) is 35.6. The number of phenolic OH excluding ortho intramolecular Hbond substituents is 1. The molecule has 2 aromatic carbocycles. The van der Waals surface area contributed by atoms with Crippen molar-refractivity contribution < 1.29 is 34.4 Å². The summed E-state index contributed by atoms with van der Waals surface area (Å²) in [5.41, 5.74) is 0.201. The molecule has 1 fully saturated rings. The van der Waals surface area contributed by atoms with Crippen LogP contribution >= 0.6 is 0 Å². The molecule has 1 amide bonds. The lowest BCUT2D eigenvalue weighted by Crippen LogP contribution is -2.74. The predicted molar refractivity (Wildman–Crippen MR) is 132 cm³/mol. The molecular formula is C28H30N2O7. The Bertz CT molecular complexity index is 1310. The highest BCUT2D eigenvalue weighted by Gasteiger charge is 2.72. The van der Waals surface area contributed by atoms with E-state index < -0.39 is 41.1 Å². The van der Waals surface area contributed by atoms with Crippen molar-refractivity contribution in [2.75, 3.05) is 13.6 Å². The Balaban J connectivity index is 1.27. The number of esters is 1. The van der Waals surface area contributed by atoms with Crippen LogP contribution in [0.2, 0.25) is 0 Å². The number of piperidine rings is 1. The molecule has 0 radical (unpaired) electrons. The summed E-state index contributed by atoms with van der Waals surface area (Å²) in [7, 11) is 2.00. The SMILES string of the molecule is C[C@H](NC(=O)[C@@H](O)c1ccccc1)C(=O)OC1=CC[C@@]2(O)[C@H]3Cc4ccc(O)c5c4C2(CCN3C)C1O5. The summed E-state index contributed by atoms with van der Waals surface area (Å²) in [4.78, 5) is 27.8. The van der Waals surface area contributed by atoms with Gasteiger partial charge in [-0.05, 0) is 56.6 Å². The number of nitrogens with zero attached hydrogens (tertiary/aromatic N) is 1. The summed E-state index contributed by atoms with van der Waals surface area (Å²) in [6.07, 6.45) is 0.914. The minimum Gasteiger partial charge on any atom is -0.504 e. The minimum absolute atomic E-state index is 0.0107. The number of benzene rings is 2. The molecule has 2 aromatic rings. The van der Waals surface area contributed by atoms with Gasteiger partial charge < -0.3 is 35.0 Å². The third kappa shape index (κ3) is 3.27. The highest BCUT2D eigenvalue weighted by Crippen LogP contribution is 2.65. The fourth-order valence-corrected chi connectivity index (χ4v) is 6.78. The van der Waals surface area contributed by atoms with Crippen molar-refractivity contribution in [3.05, 3.63) is 71.0 Å². The predicted octanol–water partition coefficient (Wildman–Crippen LogP) is 1.45. The Morgan fingerprint density at radius 3 is 2.73 bits per heavy atom. The van der Waals surface area contributed by atoms with Crippen LogP contribution in [0.15, 0.2) is 54.3 Å². The Kier molecular flexibility index (Phi) is 5.38. The fourth-order valence-electron chi connectivity index (χ4n) is 6.78. The quantitative estimate of drug-likeness (QED) is 0.449. The van der Waals surface area contributed by atoms with E-state index >= 15 is 0 Å². The second-order valence-electron chi connectivity index (χ2n) is 10.6. The average Bonchev–Trinajstić information content (AvgIpc) is 3.25. The van der Waals surface area contributed by atoms with E-state index in [2.05, 4.69) is 10.2 Å². The number of phenols is 1. The Labute approximate surface area is 214 Å². The molecule has 6 atom stereocenters. The number of aliphatic hydroxyl groups excluding tert-OH is 1. The van der Waals surface area contributed by atoms with E-state index in [-0.39, 0.29) is 24.0 Å². The van der Waals surface area contributed by atoms with Gasteiger partial charge in [0, 0.05) is 18.0 Å². The van der Waals surface area contributed by atoms with Crippen molar-refractivity contribution in [1.29, 1.82) is 0 Å². The maximum atomic E-state index is 13.1. The first-order valence-electron chi connectivity index (χ1n) is 12.6. The van der Waals surface area contributed by atoms with Gasteiger partial charge in [0.1, 0.15) is 11.8 Å². The topological polar surface area (TPSA) is 129 Å². The lowest BCUT2D eigenvalue weighted by molar-refractivity contribution is -0.170. The number of hydrogen-bond acceptors (Lipinski definition) is 8. The smallest absolute Gasteiger partial charge is 0.333 e. The molecule has 1 spiro atoms. The van der Waals surface area contributed by atoms with Crippen molar-refractivity contribution >= 4 is 11.9 Å². The third-order valence-electron chi connectivity index (χ3n) is 8.65. The van der Waals surface area contributed by atoms with Crippen LogP contribution < -0.4 is 10.1 Å². The van der Waals surface area contributed by atoms with E-state index in [9.17, 15) is 24.9 Å². The number of amides is 1. The summed E-state index contributed by atoms with van der Waals surface area (Å²) in [6, 6.07) is 10.7. The van der Waals surface area contributed by atoms with E-state index in [1.54, 1.807) is 42.5 Å². The molecule has 2 bridgehead atoms. The standard InChI is InChI=1S/C28H30N2O7/c1-15(29-25(33)22(32)16-6-4-3-5-7-16)26(34)36-19-10-11-28(35)20-14-17-8-9-18(31)23-21(17)27(28,24(19)37-23)12-13-30(20)2/h3-10,15,20,22,24,31-32,35H,11-14H2,1-2H3,(H,29,33)/t15-,20+,22-,24?,27?,28+/m0/s1. The minimum atomic E-state index is -1.42. The van der Waals surface area contributed by atoms with Gasteiger partial charge in [-0.3, -0.25) is 4.79 Å². The molecule has 1 saturated heterocycles. The van der Waals surface area contributed by atoms with Gasteiger partial charge in [0.2, 0.25) is 0 Å². The number of carbonyl (C=O) groups is 2. The number of ether oxygens (including phenoxy) is 2. The first-order chi connectivity index (χ1) is 17.7. The molecule has 0 aromatic heterocycles. The molecule has 9 nitrogen and oxygen atoms in total. The number of likely N-dealkylation sites (N-methyl/N-ethyl adjacent to an activating group) is 1. The van der Waals surface area contributed by atoms with E-state index in [4.69, 9.17) is 9.47 Å². The monoisotopic (exact) mass is 506 g/mol. The largest absolute Gasteiger partial charge is 0.504 e. The number of hydrogen-bond donors (Lipinski definition) is 4. The number of aromatic hydroxyl groups is 1. The first kappa shape index (κ1) is 24.0. The number of carbonyl (C=O) groups excluding carboxylic acids is 2. The van der Waals surface area contributed by atoms with Crippen LogP contribution in [0.3, 0.4) is 0 Å². The molecule has 0 saturated carbocycles. The number of rotatable bonds is 5. The number of likely N-dealkylation sites (tertiary alicyclic amines) is 1. The fraction of sp³-hybridized carbons (Fsp3) is 0.429. The van der Waals surface area contributed by atoms with E-state index in [0.29, 0.717) is 30.7 Å². The van der Waals surface area contributed by atoms with Crippen molar-refractivity contribution in [1.82, 2.24) is 10.2 Å². The molecule has 2 heterocycles. The van der Waals surface area contributed by atoms with Crippen LogP contribution in [0.25, 0.3) is 0 Å². The third-order valence-corrected chi connectivity index (χ3v) is 8.65. The molecule has 2 aliphatic heterocycles. The normalized spacial score (nSPS) is 30.9. The Hall–Kier alpha value is -3.40. The lowest BCUT2D eigenvalue weighted by atomic mass is 9.50. The maximum Gasteiger partial charge on any atom is 0.333 e. The van der Waals surface area contributed by atoms with Crippen LogP contribution in [0.4, 0.5) is 0 Å². The van der Waals surface area contributed by atoms with Crippen LogP contribution in [-0.4, -0.2) is 69.5 Å². The van der Waals surface area contributed by atoms with Gasteiger partial charge in [-0.15, -0.1) is 0 Å². The highest BCUT2D eigenvalue weighted by molar-refractivity contribution is 5.87. The zero-order valence-electron chi connectivity index (χ0n) is 20.7. The van der Waals surface area contributed by atoms with Gasteiger partial charge in [0.15, 0.2) is 23.7 Å². The van der Waals surface area contributed by atoms with Crippen LogP contribution in [0.1, 0.15) is 42.6 Å². The second-order valence-corrected chi connectivity index (χ2v) is 10.6. The Morgan fingerprint density at radius 2 is 1.97 bits per heavy atom. The molecule has 6 rings (SSSR count). The lowest BCUT2D eigenvalue weighted by Gasteiger charge is -2.61. The van der Waals surface area contributed by atoms with Gasteiger partial charge in [0.25, 0.3) is 5.91 Å². The van der Waals surface area contributed by atoms with Gasteiger partial charge in [0.05, 0.1) is 11.0 Å². The molecule has 4 aliphatic rings. The maximum absolute atomic E-state index is 13.1. The van der Waals surface area contributed by atoms with Crippen molar-refractivity contribution in [3.8, 4) is 11.5 Å². The molecule has 194 valence electrons. The van der Waals surface area contributed by atoms with Gasteiger partial charge in [-0.2, -0.15) is 0 Å². The van der Waals surface area contributed by atoms with Crippen LogP contribution in [0, 0.1) is 0 Å². The summed E-state index contributed by atoms with van der Waals surface area (Å²) >= 11 is 0. The molecule has 2 unspecified atom stereocenters. The molecule has 2 aliphatic carbocycles. The molecule has 9 heteroatoms. The van der Waals surface area contributed by atoms with Crippen LogP contribution in [0.5, 0.6) is 11.5 Å². The summed E-state index contributed by atoms with van der Waals surface area (Å²) in [6.45, 7) is 2.20. The Morgan fingerprint density at radius 1 is 1.22 bits per heavy atom. The van der Waals surface area contributed by atoms with Crippen molar-refractivity contribution in [2.24, 2.45) is 0 Å². The number of nitrogens with one attached hydrogen (secondary N) is 1. The summed E-state index contributed by atoms with van der Waals surface area (Å²) in [5.74, 6) is -0.855. The van der Waals surface area contributed by atoms with Gasteiger partial charge in [-0.25, -0.2) is 4.79 Å². The second kappa shape index (κ2) is 8.31. The van der Waals surface area contributed by atoms with Gasteiger partial charge in [-0.1, -0.05) is 36.4 Å². The van der Waals surface area contributed by atoms with Gasteiger partial charge >= 0.3 is 5.97 Å². The van der Waals surface area contributed by atoms with E-state index in [0.717, 1.165) is 11.1 Å². The number of aliphatic hydroxyl groups is 2. The average molecular weight is 507 g/mol. The first-order valence-corrected chi connectivity index (χ1v) is 12.6. The highest BCUT2D eigenvalue weighted by atomic mass is 16.6.